The summed E-state index contributed by atoms with van der Waals surface area (Å²) in [5.41, 5.74) is 18.9. The highest BCUT2D eigenvalue weighted by Crippen LogP contribution is 2.46. The Morgan fingerprint density at radius 2 is 0.710 bits per heavy atom. The van der Waals surface area contributed by atoms with Crippen LogP contribution in [0, 0.1) is 0 Å². The summed E-state index contributed by atoms with van der Waals surface area (Å²) in [6.07, 6.45) is 25.9. The van der Waals surface area contributed by atoms with Crippen LogP contribution in [-0.2, 0) is 16.1 Å². The van der Waals surface area contributed by atoms with Gasteiger partial charge in [0, 0.05) is 125 Å². The summed E-state index contributed by atoms with van der Waals surface area (Å²) < 4.78 is 0. The fourth-order valence-electron chi connectivity index (χ4n) is 18.3. The molecule has 6 fully saturated rings. The van der Waals surface area contributed by atoms with Crippen LogP contribution < -0.4 is 0 Å². The molecular formula is C90H128N8O2. The van der Waals surface area contributed by atoms with E-state index in [1.807, 2.05) is 9.80 Å². The Hall–Kier alpha value is -5.98. The minimum absolute atomic E-state index is 0.174. The first kappa shape index (κ1) is 75.2. The number of hydrogen-bond donors (Lipinski definition) is 0. The SMILES string of the molecule is CC(=O)N1CC=C(c2ccccc2[C@H]2CCCN2C(C)(C)C)CC1.CC(=O)N1CCC(c2ccccc2[C@H]2CCCN2C(C)(C)C)CC1.CC(C)(C)N1CCCC1c1ccccc1C1=CCN(C2CC2)CC1.CC(C)(C)N1CCC[C@@H]1c1ccccc1C1=CCN(Cc2ccccc2)CC1. The Balaban J connectivity index is 0.000000135. The van der Waals surface area contributed by atoms with Gasteiger partial charge in [0.1, 0.15) is 0 Å². The van der Waals surface area contributed by atoms with Crippen LogP contribution in [0.5, 0.6) is 0 Å². The molecule has 10 heteroatoms. The number of rotatable bonds is 11. The molecule has 540 valence electrons. The number of benzene rings is 5. The molecule has 1 saturated carbocycles. The van der Waals surface area contributed by atoms with Crippen molar-refractivity contribution in [2.75, 3.05) is 78.5 Å². The number of piperidine rings is 1. The second kappa shape index (κ2) is 33.2. The van der Waals surface area contributed by atoms with Crippen molar-refractivity contribution in [3.05, 3.63) is 196 Å². The maximum atomic E-state index is 11.6. The van der Waals surface area contributed by atoms with Crippen LogP contribution in [-0.4, -0.2) is 158 Å². The van der Waals surface area contributed by atoms with Crippen molar-refractivity contribution in [1.29, 1.82) is 0 Å². The fourth-order valence-corrected chi connectivity index (χ4v) is 18.3. The Labute approximate surface area is 606 Å². The van der Waals surface area contributed by atoms with Gasteiger partial charge in [0.2, 0.25) is 11.8 Å². The van der Waals surface area contributed by atoms with Crippen LogP contribution in [0.2, 0.25) is 0 Å². The van der Waals surface area contributed by atoms with Crippen molar-refractivity contribution >= 4 is 28.5 Å². The van der Waals surface area contributed by atoms with Crippen LogP contribution >= 0.6 is 0 Å². The first-order valence-corrected chi connectivity index (χ1v) is 39.3. The molecule has 2 amide bonds. The van der Waals surface area contributed by atoms with Gasteiger partial charge in [-0.2, -0.15) is 0 Å². The van der Waals surface area contributed by atoms with Crippen molar-refractivity contribution in [2.45, 2.75) is 258 Å². The van der Waals surface area contributed by atoms with E-state index in [1.165, 1.54) is 153 Å². The Morgan fingerprint density at radius 1 is 0.350 bits per heavy atom. The topological polar surface area (TPSA) is 60.1 Å². The molecule has 0 bridgehead atoms. The first-order chi connectivity index (χ1) is 47.8. The number of nitrogens with zero attached hydrogens (tertiary/aromatic N) is 8. The molecule has 5 saturated heterocycles. The van der Waals surface area contributed by atoms with E-state index in [0.29, 0.717) is 30.1 Å². The van der Waals surface area contributed by atoms with Crippen molar-refractivity contribution in [1.82, 2.24) is 39.2 Å². The first-order valence-electron chi connectivity index (χ1n) is 39.3. The number of hydrogen-bond acceptors (Lipinski definition) is 8. The zero-order valence-electron chi connectivity index (χ0n) is 64.5. The van der Waals surface area contributed by atoms with Crippen molar-refractivity contribution in [2.24, 2.45) is 0 Å². The number of likely N-dealkylation sites (tertiary alicyclic amines) is 5. The largest absolute Gasteiger partial charge is 0.343 e. The van der Waals surface area contributed by atoms with Crippen LogP contribution in [0.3, 0.4) is 0 Å². The van der Waals surface area contributed by atoms with Gasteiger partial charge in [-0.15, -0.1) is 0 Å². The lowest BCUT2D eigenvalue weighted by Gasteiger charge is -2.39. The summed E-state index contributed by atoms with van der Waals surface area (Å²) in [6.45, 7) is 45.3. The van der Waals surface area contributed by atoms with Crippen LogP contribution in [0.15, 0.2) is 146 Å². The van der Waals surface area contributed by atoms with Crippen molar-refractivity contribution in [3.8, 4) is 0 Å². The zero-order valence-corrected chi connectivity index (χ0v) is 64.5. The predicted octanol–water partition coefficient (Wildman–Crippen LogP) is 19.4. The molecule has 0 radical (unpaired) electrons. The minimum Gasteiger partial charge on any atom is -0.343 e. The zero-order chi connectivity index (χ0) is 70.9. The summed E-state index contributed by atoms with van der Waals surface area (Å²) in [5, 5.41) is 0. The summed E-state index contributed by atoms with van der Waals surface area (Å²) in [7, 11) is 0. The lowest BCUT2D eigenvalue weighted by atomic mass is 9.83. The predicted molar refractivity (Wildman–Crippen MR) is 420 cm³/mol. The number of carbonyl (C=O) groups excluding carboxylic acids is 2. The van der Waals surface area contributed by atoms with Crippen LogP contribution in [0.4, 0.5) is 0 Å². The molecule has 5 aromatic rings. The third-order valence-electron chi connectivity index (χ3n) is 23.7. The summed E-state index contributed by atoms with van der Waals surface area (Å²) >= 11 is 0. The van der Waals surface area contributed by atoms with Gasteiger partial charge in [-0.25, -0.2) is 0 Å². The van der Waals surface area contributed by atoms with Gasteiger partial charge < -0.3 is 9.80 Å². The molecule has 0 spiro atoms. The normalized spacial score (nSPS) is 23.6. The van der Waals surface area contributed by atoms with E-state index in [-0.39, 0.29) is 34.0 Å². The third kappa shape index (κ3) is 18.9. The smallest absolute Gasteiger partial charge is 0.219 e. The lowest BCUT2D eigenvalue weighted by Crippen LogP contribution is -2.41. The molecule has 0 aromatic heterocycles. The van der Waals surface area contributed by atoms with Gasteiger partial charge in [-0.05, 0) is 278 Å². The van der Waals surface area contributed by atoms with Crippen molar-refractivity contribution < 1.29 is 9.59 Å². The molecule has 10 nitrogen and oxygen atoms in total. The Morgan fingerprint density at radius 3 is 1.07 bits per heavy atom. The minimum atomic E-state index is 0.174. The van der Waals surface area contributed by atoms with Crippen LogP contribution in [0.1, 0.15) is 273 Å². The van der Waals surface area contributed by atoms with Gasteiger partial charge in [0.25, 0.3) is 0 Å². The highest BCUT2D eigenvalue weighted by atomic mass is 16.2. The molecule has 9 aliphatic rings. The highest BCUT2D eigenvalue weighted by molar-refractivity contribution is 5.77. The maximum Gasteiger partial charge on any atom is 0.219 e. The molecule has 100 heavy (non-hydrogen) atoms. The molecule has 14 rings (SSSR count). The quantitative estimate of drug-likeness (QED) is 0.130. The van der Waals surface area contributed by atoms with E-state index in [4.69, 9.17) is 0 Å². The average Bonchev–Trinajstić information content (AvgIpc) is 1.57. The molecule has 0 N–H and O–H groups in total. The molecule has 4 atom stereocenters. The van der Waals surface area contributed by atoms with Crippen LogP contribution in [0.25, 0.3) is 16.7 Å². The molecule has 8 aliphatic heterocycles. The van der Waals surface area contributed by atoms with E-state index < -0.39 is 0 Å². The summed E-state index contributed by atoms with van der Waals surface area (Å²) in [5.74, 6) is 0.990. The molecule has 1 aliphatic carbocycles. The summed E-state index contributed by atoms with van der Waals surface area (Å²) in [6, 6.07) is 50.3. The second-order valence-corrected chi connectivity index (χ2v) is 34.6. The van der Waals surface area contributed by atoms with Gasteiger partial charge in [0.15, 0.2) is 0 Å². The Bertz CT molecular complexity index is 3600. The van der Waals surface area contributed by atoms with E-state index in [0.717, 1.165) is 84.1 Å². The average molecular weight is 1350 g/mol. The fraction of sp³-hybridized carbons (Fsp3) is 0.578. The number of amides is 2. The van der Waals surface area contributed by atoms with Gasteiger partial charge in [-0.1, -0.05) is 146 Å². The molecule has 5 aromatic carbocycles. The van der Waals surface area contributed by atoms with E-state index in [2.05, 4.69) is 258 Å². The van der Waals surface area contributed by atoms with E-state index >= 15 is 0 Å². The monoisotopic (exact) mass is 1350 g/mol. The maximum absolute atomic E-state index is 11.6. The van der Waals surface area contributed by atoms with Gasteiger partial charge >= 0.3 is 0 Å². The number of carbonyl (C=O) groups is 2. The standard InChI is InChI=1S/C26H34N2.C22H32N2.C21H32N2O.C21H30N2O/c1-26(2,3)28-17-9-14-25(28)24-13-8-7-12-23(24)22-15-18-27(19-16-22)20-21-10-5-4-6-11-21;1-22(2,3)24-14-6-9-21(24)20-8-5-4-7-19(20)17-12-15-23(16-13-17)18-10-11-18;2*1-16(24)22-14-11-17(12-15-22)18-8-5-6-9-19(18)20-10-7-13-23(20)21(2,3)4/h4-8,10-13,15,25H,9,14,16-20H2,1-3H3;4-5,7-8,12,18,21H,6,9-11,13-16H2,1-3H3;5-6,8-9,17,20H,7,10-15H2,1-4H3;5-6,8-9,11,20H,7,10,12-15H2,1-4H3/t25-;;2*20-/m1.11/s1. The molecule has 1 unspecified atom stereocenters. The van der Waals surface area contributed by atoms with Gasteiger partial charge in [-0.3, -0.25) is 39.0 Å². The Kier molecular flexibility index (Phi) is 25.0. The van der Waals surface area contributed by atoms with Gasteiger partial charge in [0.05, 0.1) is 0 Å². The van der Waals surface area contributed by atoms with E-state index in [1.54, 1.807) is 30.6 Å². The highest BCUT2D eigenvalue weighted by Gasteiger charge is 2.40. The molecular weight excluding hydrogens is 1230 g/mol. The second-order valence-electron chi connectivity index (χ2n) is 34.6. The van der Waals surface area contributed by atoms with Crippen molar-refractivity contribution in [3.63, 3.8) is 0 Å². The van der Waals surface area contributed by atoms with E-state index in [9.17, 15) is 9.59 Å². The third-order valence-corrected chi connectivity index (χ3v) is 23.7. The summed E-state index contributed by atoms with van der Waals surface area (Å²) in [4.78, 5) is 43.0. The lowest BCUT2D eigenvalue weighted by molar-refractivity contribution is -0.130. The molecule has 8 heterocycles.